The second-order valence-corrected chi connectivity index (χ2v) is 19.1. The number of anilines is 6. The SMILES string of the molecule is CC1c2ccccc2N(c2ccc(B3c4ccccc4C4(c5ccccc5B(c5ccc(N(c6ccccc6)c6ccccc6)cc5)C5C=CC=CC54)C4C=CC=CC34)cc2)c2ccccc21. The Hall–Kier alpha value is -7.55. The fourth-order valence-corrected chi connectivity index (χ4v) is 13.3. The third-order valence-corrected chi connectivity index (χ3v) is 16.0. The molecule has 4 heteroatoms. The first-order chi connectivity index (χ1) is 33.2. The molecule has 318 valence electrons. The van der Waals surface area contributed by atoms with Crippen molar-refractivity contribution < 1.29 is 0 Å². The highest BCUT2D eigenvalue weighted by Crippen LogP contribution is 2.60. The Balaban J connectivity index is 0.929. The Kier molecular flexibility index (Phi) is 9.56. The van der Waals surface area contributed by atoms with Crippen molar-refractivity contribution in [3.63, 3.8) is 0 Å². The number of hydrogen-bond acceptors (Lipinski definition) is 2. The van der Waals surface area contributed by atoms with Crippen LogP contribution >= 0.6 is 0 Å². The van der Waals surface area contributed by atoms with Crippen LogP contribution in [-0.2, 0) is 5.41 Å². The molecular weight excluding hydrogens is 806 g/mol. The van der Waals surface area contributed by atoms with Crippen molar-refractivity contribution in [2.24, 2.45) is 11.8 Å². The highest BCUT2D eigenvalue weighted by molar-refractivity contribution is 6.88. The molecule has 0 bridgehead atoms. The van der Waals surface area contributed by atoms with Crippen LogP contribution in [0.5, 0.6) is 0 Å². The lowest BCUT2D eigenvalue weighted by molar-refractivity contribution is 0.281. The summed E-state index contributed by atoms with van der Waals surface area (Å²) in [5.74, 6) is 1.32. The van der Waals surface area contributed by atoms with E-state index in [0.717, 1.165) is 17.1 Å². The van der Waals surface area contributed by atoms with E-state index < -0.39 is 0 Å². The van der Waals surface area contributed by atoms with E-state index in [9.17, 15) is 0 Å². The average molecular weight is 857 g/mol. The van der Waals surface area contributed by atoms with Crippen molar-refractivity contribution in [3.8, 4) is 0 Å². The lowest BCUT2D eigenvalue weighted by Gasteiger charge is -2.59. The molecule has 0 fully saturated rings. The van der Waals surface area contributed by atoms with E-state index in [-0.39, 0.29) is 42.3 Å². The molecule has 2 aliphatic carbocycles. The smallest absolute Gasteiger partial charge is 0.217 e. The van der Waals surface area contributed by atoms with Gasteiger partial charge >= 0.3 is 0 Å². The predicted octanol–water partition coefficient (Wildman–Crippen LogP) is 12.8. The molecule has 0 aromatic heterocycles. The summed E-state index contributed by atoms with van der Waals surface area (Å²) < 4.78 is 0. The number of hydrogen-bond donors (Lipinski definition) is 0. The summed E-state index contributed by atoms with van der Waals surface area (Å²) in [5.41, 5.74) is 18.2. The van der Waals surface area contributed by atoms with Gasteiger partial charge in [-0.25, -0.2) is 0 Å². The van der Waals surface area contributed by atoms with Crippen LogP contribution in [0.25, 0.3) is 0 Å². The van der Waals surface area contributed by atoms with E-state index in [4.69, 9.17) is 0 Å². The number of rotatable bonds is 6. The Morgan fingerprint density at radius 3 is 1.31 bits per heavy atom. The molecule has 0 saturated heterocycles. The Labute approximate surface area is 396 Å². The van der Waals surface area contributed by atoms with Crippen molar-refractivity contribution >= 4 is 69.4 Å². The lowest BCUT2D eigenvalue weighted by atomic mass is 9.19. The van der Waals surface area contributed by atoms with Crippen LogP contribution in [0.1, 0.15) is 35.1 Å². The number of fused-ring (bicyclic) bond motifs is 10. The van der Waals surface area contributed by atoms with Crippen LogP contribution in [0.2, 0.25) is 11.6 Å². The monoisotopic (exact) mass is 856 g/mol. The molecule has 8 aromatic carbocycles. The molecule has 13 rings (SSSR count). The van der Waals surface area contributed by atoms with Crippen LogP contribution in [0, 0.1) is 11.8 Å². The molecule has 3 heterocycles. The zero-order valence-corrected chi connectivity index (χ0v) is 37.7. The predicted molar refractivity (Wildman–Crippen MR) is 285 cm³/mol. The zero-order chi connectivity index (χ0) is 44.5. The largest absolute Gasteiger partial charge is 0.311 e. The Morgan fingerprint density at radius 1 is 0.403 bits per heavy atom. The summed E-state index contributed by atoms with van der Waals surface area (Å²) in [5, 5.41) is 0. The number of para-hydroxylation sites is 4. The molecule has 8 aromatic rings. The van der Waals surface area contributed by atoms with Gasteiger partial charge in [-0.3, -0.25) is 0 Å². The maximum Gasteiger partial charge on any atom is 0.217 e. The first-order valence-electron chi connectivity index (χ1n) is 24.2. The summed E-state index contributed by atoms with van der Waals surface area (Å²) in [6.07, 6.45) is 19.5. The number of benzene rings is 8. The van der Waals surface area contributed by atoms with Crippen molar-refractivity contribution in [3.05, 3.63) is 277 Å². The van der Waals surface area contributed by atoms with Crippen molar-refractivity contribution in [2.75, 3.05) is 9.80 Å². The van der Waals surface area contributed by atoms with E-state index >= 15 is 0 Å². The van der Waals surface area contributed by atoms with E-state index in [1.807, 2.05) is 0 Å². The summed E-state index contributed by atoms with van der Waals surface area (Å²) in [6.45, 7) is 2.72. The maximum absolute atomic E-state index is 2.57. The number of nitrogens with zero attached hydrogens (tertiary/aromatic N) is 2. The van der Waals surface area contributed by atoms with E-state index in [2.05, 4.69) is 272 Å². The van der Waals surface area contributed by atoms with Crippen LogP contribution in [-0.4, -0.2) is 13.4 Å². The van der Waals surface area contributed by atoms with Crippen molar-refractivity contribution in [2.45, 2.75) is 29.9 Å². The normalized spacial score (nSPS) is 21.8. The van der Waals surface area contributed by atoms with Crippen LogP contribution < -0.4 is 31.7 Å². The van der Waals surface area contributed by atoms with Gasteiger partial charge < -0.3 is 9.80 Å². The number of allylic oxidation sites excluding steroid dienone is 8. The fraction of sp³-hybridized carbons (Fsp3) is 0.111. The minimum Gasteiger partial charge on any atom is -0.311 e. The molecule has 0 amide bonds. The van der Waals surface area contributed by atoms with Crippen LogP contribution in [0.15, 0.2) is 255 Å². The van der Waals surface area contributed by atoms with Gasteiger partial charge in [0, 0.05) is 45.5 Å². The first kappa shape index (κ1) is 39.8. The Bertz CT molecular complexity index is 3180. The van der Waals surface area contributed by atoms with Gasteiger partial charge in [-0.1, -0.05) is 223 Å². The van der Waals surface area contributed by atoms with Crippen molar-refractivity contribution in [1.82, 2.24) is 0 Å². The van der Waals surface area contributed by atoms with Gasteiger partial charge in [-0.2, -0.15) is 0 Å². The molecule has 0 radical (unpaired) electrons. The minimum absolute atomic E-state index is 0.191. The fourth-order valence-electron chi connectivity index (χ4n) is 13.3. The summed E-state index contributed by atoms with van der Waals surface area (Å²) in [4.78, 5) is 4.83. The van der Waals surface area contributed by atoms with Crippen LogP contribution in [0.3, 0.4) is 0 Å². The summed E-state index contributed by atoms with van der Waals surface area (Å²) in [7, 11) is 0. The van der Waals surface area contributed by atoms with Gasteiger partial charge in [0.15, 0.2) is 0 Å². The minimum atomic E-state index is -0.284. The maximum atomic E-state index is 2.57. The topological polar surface area (TPSA) is 6.48 Å². The molecule has 5 atom stereocenters. The second kappa shape index (κ2) is 16.1. The van der Waals surface area contributed by atoms with E-state index in [0.29, 0.717) is 5.92 Å². The van der Waals surface area contributed by atoms with Crippen LogP contribution in [0.4, 0.5) is 34.1 Å². The van der Waals surface area contributed by atoms with Crippen molar-refractivity contribution in [1.29, 1.82) is 0 Å². The first-order valence-corrected chi connectivity index (χ1v) is 24.2. The van der Waals surface area contributed by atoms with Gasteiger partial charge in [0.05, 0.1) is 0 Å². The lowest BCUT2D eigenvalue weighted by Crippen LogP contribution is -2.67. The molecule has 3 aliphatic heterocycles. The van der Waals surface area contributed by atoms with Gasteiger partial charge in [0.1, 0.15) is 0 Å². The highest BCUT2D eigenvalue weighted by atomic mass is 15.2. The molecule has 0 saturated carbocycles. The van der Waals surface area contributed by atoms with E-state index in [1.165, 1.54) is 61.2 Å². The zero-order valence-electron chi connectivity index (χ0n) is 37.7. The highest BCUT2D eigenvalue weighted by Gasteiger charge is 2.61. The third kappa shape index (κ3) is 6.12. The van der Waals surface area contributed by atoms with Gasteiger partial charge in [0.25, 0.3) is 0 Å². The van der Waals surface area contributed by atoms with Gasteiger partial charge in [0.2, 0.25) is 13.4 Å². The summed E-state index contributed by atoms with van der Waals surface area (Å²) >= 11 is 0. The van der Waals surface area contributed by atoms with Gasteiger partial charge in [-0.15, -0.1) is 0 Å². The van der Waals surface area contributed by atoms with Gasteiger partial charge in [-0.05, 0) is 106 Å². The molecule has 2 nitrogen and oxygen atoms in total. The molecule has 67 heavy (non-hydrogen) atoms. The molecule has 5 unspecified atom stereocenters. The second-order valence-electron chi connectivity index (χ2n) is 19.1. The molecular formula is C63H50B2N2. The molecule has 0 N–H and O–H groups in total. The average Bonchev–Trinajstić information content (AvgIpc) is 3.40. The van der Waals surface area contributed by atoms with E-state index in [1.54, 1.807) is 0 Å². The molecule has 5 aliphatic rings. The Morgan fingerprint density at radius 2 is 0.806 bits per heavy atom. The molecule has 1 spiro atoms. The summed E-state index contributed by atoms with van der Waals surface area (Å²) in [6, 6.07) is 77.4. The quantitative estimate of drug-likeness (QED) is 0.154. The third-order valence-electron chi connectivity index (χ3n) is 16.0. The standard InChI is InChI=1S/C63H50B2N2/c1-44-51-24-8-18-34-61(51)67(62-35-19-9-25-52(44)62)50-42-38-46(39-43-50)65-59-32-16-12-28-55(59)63(56-29-13-17-33-60(56)65)53-26-10-14-30-57(53)64(58-31-15-11-27-54(58)63)45-36-40-49(41-37-45)66(47-20-4-2-5-21-47)48-22-6-3-7-23-48/h2-44,53,55,57,59H,1H3.